The first-order valence-corrected chi connectivity index (χ1v) is 17.1. The summed E-state index contributed by atoms with van der Waals surface area (Å²) in [7, 11) is 1.71. The molecule has 3 amide bonds. The highest BCUT2D eigenvalue weighted by molar-refractivity contribution is 5.92. The van der Waals surface area contributed by atoms with Gasteiger partial charge in [0.05, 0.1) is 24.0 Å². The molecule has 0 spiro atoms. The Bertz CT molecular complexity index is 1860. The monoisotopic (exact) mass is 667 g/mol. The van der Waals surface area contributed by atoms with Gasteiger partial charge in [-0.25, -0.2) is 14.8 Å². The number of aromatic nitrogens is 5. The Labute approximate surface area is 286 Å². The molecule has 1 saturated carbocycles. The lowest BCUT2D eigenvalue weighted by atomic mass is 9.85. The SMILES string of the molecule is COC1CN(CCNC(=O)c2nc(NC(=O)N[C@H]3CC[C@@H](Oc4ccc5nnc(C6(C)CC6)n5c4)c4ccccc43)cc(C(C)(C)C)n2)C1. The van der Waals surface area contributed by atoms with Gasteiger partial charge in [0.2, 0.25) is 5.82 Å². The molecule has 1 saturated heterocycles. The number of ether oxygens (including phenoxy) is 2. The molecule has 0 bridgehead atoms. The van der Waals surface area contributed by atoms with E-state index in [0.717, 1.165) is 54.3 Å². The van der Waals surface area contributed by atoms with Gasteiger partial charge >= 0.3 is 6.03 Å². The minimum absolute atomic E-state index is 0.0205. The van der Waals surface area contributed by atoms with Crippen LogP contribution in [0.2, 0.25) is 0 Å². The standard InChI is InChI=1S/C36H45N9O4/c1-35(2,3)28-18-29(40-31(39-28)32(46)37-16-17-44-19-23(20-44)48-5)41-34(47)38-26-11-12-27(25-9-7-6-8-24(25)26)49-22-10-13-30-42-43-33(45(30)21-22)36(4)14-15-36/h6-10,13,18,21,23,26-27H,11-12,14-17,19-20H2,1-5H3,(H,37,46)(H2,38,39,40,41,47)/t26-,27+/m0/s1. The molecule has 0 radical (unpaired) electrons. The van der Waals surface area contributed by atoms with Crippen LogP contribution in [-0.2, 0) is 15.6 Å². The summed E-state index contributed by atoms with van der Waals surface area (Å²) in [6, 6.07) is 13.0. The summed E-state index contributed by atoms with van der Waals surface area (Å²) < 4.78 is 13.9. The molecule has 7 rings (SSSR count). The van der Waals surface area contributed by atoms with E-state index in [1.165, 1.54) is 0 Å². The number of carbonyl (C=O) groups excluding carboxylic acids is 2. The van der Waals surface area contributed by atoms with Gasteiger partial charge in [-0.15, -0.1) is 10.2 Å². The van der Waals surface area contributed by atoms with Gasteiger partial charge in [0.1, 0.15) is 23.5 Å². The van der Waals surface area contributed by atoms with Crippen LogP contribution < -0.4 is 20.7 Å². The molecule has 2 fully saturated rings. The third-order valence-corrected chi connectivity index (χ3v) is 9.84. The highest BCUT2D eigenvalue weighted by atomic mass is 16.5. The molecule has 13 nitrogen and oxygen atoms in total. The van der Waals surface area contributed by atoms with E-state index in [-0.39, 0.29) is 46.6 Å². The lowest BCUT2D eigenvalue weighted by Gasteiger charge is -2.38. The van der Waals surface area contributed by atoms with Crippen molar-refractivity contribution >= 4 is 23.4 Å². The zero-order chi connectivity index (χ0) is 34.3. The van der Waals surface area contributed by atoms with Crippen molar-refractivity contribution in [3.05, 3.63) is 77.1 Å². The number of carbonyl (C=O) groups is 2. The number of pyridine rings is 1. The smallest absolute Gasteiger partial charge is 0.320 e. The van der Waals surface area contributed by atoms with Crippen molar-refractivity contribution in [1.82, 2.24) is 40.1 Å². The minimum atomic E-state index is -0.409. The number of hydrogen-bond donors (Lipinski definition) is 3. The molecule has 3 aliphatic rings. The van der Waals surface area contributed by atoms with Gasteiger partial charge in [0.25, 0.3) is 5.91 Å². The van der Waals surface area contributed by atoms with Crippen molar-refractivity contribution in [1.29, 1.82) is 0 Å². The van der Waals surface area contributed by atoms with E-state index in [2.05, 4.69) is 54.0 Å². The number of methoxy groups -OCH3 is 1. The minimum Gasteiger partial charge on any atom is -0.484 e. The fourth-order valence-corrected chi connectivity index (χ4v) is 6.52. The van der Waals surface area contributed by atoms with Crippen LogP contribution in [0, 0.1) is 0 Å². The van der Waals surface area contributed by atoms with Crippen molar-refractivity contribution in [2.24, 2.45) is 0 Å². The van der Waals surface area contributed by atoms with Gasteiger partial charge in [-0.1, -0.05) is 52.0 Å². The summed E-state index contributed by atoms with van der Waals surface area (Å²) >= 11 is 0. The summed E-state index contributed by atoms with van der Waals surface area (Å²) in [5.41, 5.74) is 3.20. The highest BCUT2D eigenvalue weighted by Crippen LogP contribution is 2.47. The van der Waals surface area contributed by atoms with Gasteiger partial charge in [-0.3, -0.25) is 19.4 Å². The molecule has 3 aromatic heterocycles. The van der Waals surface area contributed by atoms with Crippen LogP contribution in [0.3, 0.4) is 0 Å². The van der Waals surface area contributed by atoms with Gasteiger partial charge < -0.3 is 20.1 Å². The van der Waals surface area contributed by atoms with Crippen molar-refractivity contribution in [2.75, 3.05) is 38.6 Å². The van der Waals surface area contributed by atoms with E-state index >= 15 is 0 Å². The molecular weight excluding hydrogens is 622 g/mol. The lowest BCUT2D eigenvalue weighted by Crippen LogP contribution is -2.53. The summed E-state index contributed by atoms with van der Waals surface area (Å²) in [5, 5.41) is 17.7. The number of likely N-dealkylation sites (tertiary alicyclic amines) is 1. The highest BCUT2D eigenvalue weighted by Gasteiger charge is 2.43. The predicted molar refractivity (Wildman–Crippen MR) is 184 cm³/mol. The molecule has 258 valence electrons. The first-order chi connectivity index (χ1) is 23.5. The van der Waals surface area contributed by atoms with E-state index < -0.39 is 6.03 Å². The Morgan fingerprint density at radius 2 is 1.80 bits per heavy atom. The van der Waals surface area contributed by atoms with Crippen LogP contribution in [-0.4, -0.2) is 80.8 Å². The molecule has 2 atom stereocenters. The second-order valence-electron chi connectivity index (χ2n) is 14.7. The zero-order valence-electron chi connectivity index (χ0n) is 28.8. The molecule has 4 aromatic rings. The third-order valence-electron chi connectivity index (χ3n) is 9.84. The van der Waals surface area contributed by atoms with Crippen LogP contribution in [0.1, 0.15) is 98.8 Å². The van der Waals surface area contributed by atoms with Crippen molar-refractivity contribution < 1.29 is 19.1 Å². The molecule has 1 aromatic carbocycles. The summed E-state index contributed by atoms with van der Waals surface area (Å²) in [6.45, 7) is 11.1. The topological polar surface area (TPSA) is 148 Å². The normalized spacial score (nSPS) is 20.3. The number of urea groups is 1. The number of anilines is 1. The Kier molecular flexibility index (Phi) is 8.74. The van der Waals surface area contributed by atoms with E-state index in [4.69, 9.17) is 9.47 Å². The molecular formula is C36H45N9O4. The third kappa shape index (κ3) is 7.09. The second kappa shape index (κ2) is 13.0. The molecule has 0 unspecified atom stereocenters. The van der Waals surface area contributed by atoms with Crippen molar-refractivity contribution in [2.45, 2.75) is 82.5 Å². The van der Waals surface area contributed by atoms with Crippen LogP contribution in [0.4, 0.5) is 10.6 Å². The maximum Gasteiger partial charge on any atom is 0.320 e. The maximum atomic E-state index is 13.4. The summed E-state index contributed by atoms with van der Waals surface area (Å²) in [6.07, 6.45) is 5.67. The first kappa shape index (κ1) is 32.9. The molecule has 3 N–H and O–H groups in total. The molecule has 1 aliphatic heterocycles. The number of benzene rings is 1. The fraction of sp³-hybridized carbons (Fsp3) is 0.500. The number of nitrogens with one attached hydrogen (secondary N) is 3. The second-order valence-corrected chi connectivity index (χ2v) is 14.7. The molecule has 13 heteroatoms. The van der Waals surface area contributed by atoms with Gasteiger partial charge in [-0.2, -0.15) is 0 Å². The number of nitrogens with zero attached hydrogens (tertiary/aromatic N) is 6. The van der Waals surface area contributed by atoms with E-state index in [1.807, 2.05) is 61.7 Å². The van der Waals surface area contributed by atoms with E-state index in [9.17, 15) is 9.59 Å². The Hall–Kier alpha value is -4.62. The van der Waals surface area contributed by atoms with Crippen LogP contribution >= 0.6 is 0 Å². The summed E-state index contributed by atoms with van der Waals surface area (Å²) in [5.74, 6) is 1.63. The van der Waals surface area contributed by atoms with Crippen LogP contribution in [0.5, 0.6) is 5.75 Å². The number of rotatable bonds is 10. The zero-order valence-corrected chi connectivity index (χ0v) is 28.8. The number of fused-ring (bicyclic) bond motifs is 2. The van der Waals surface area contributed by atoms with Gasteiger partial charge in [0, 0.05) is 50.2 Å². The lowest BCUT2D eigenvalue weighted by molar-refractivity contribution is -0.0281. The Balaban J connectivity index is 1.02. The molecule has 2 aliphatic carbocycles. The Morgan fingerprint density at radius 1 is 1.02 bits per heavy atom. The number of hydrogen-bond acceptors (Lipinski definition) is 9. The summed E-state index contributed by atoms with van der Waals surface area (Å²) in [4.78, 5) is 37.7. The first-order valence-electron chi connectivity index (χ1n) is 17.1. The molecule has 49 heavy (non-hydrogen) atoms. The average molecular weight is 668 g/mol. The predicted octanol–water partition coefficient (Wildman–Crippen LogP) is 4.71. The fourth-order valence-electron chi connectivity index (χ4n) is 6.52. The largest absolute Gasteiger partial charge is 0.484 e. The van der Waals surface area contributed by atoms with Crippen LogP contribution in [0.15, 0.2) is 48.7 Å². The maximum absolute atomic E-state index is 13.4. The average Bonchev–Trinajstić information content (AvgIpc) is 3.65. The number of amides is 3. The van der Waals surface area contributed by atoms with Crippen molar-refractivity contribution in [3.63, 3.8) is 0 Å². The van der Waals surface area contributed by atoms with Crippen LogP contribution in [0.25, 0.3) is 5.65 Å². The molecule has 4 heterocycles. The van der Waals surface area contributed by atoms with E-state index in [1.54, 1.807) is 13.2 Å². The van der Waals surface area contributed by atoms with E-state index in [0.29, 0.717) is 31.6 Å². The quantitative estimate of drug-likeness (QED) is 0.219. The Morgan fingerprint density at radius 3 is 2.53 bits per heavy atom. The van der Waals surface area contributed by atoms with Gasteiger partial charge in [0.15, 0.2) is 5.65 Å². The van der Waals surface area contributed by atoms with Crippen molar-refractivity contribution in [3.8, 4) is 5.75 Å². The van der Waals surface area contributed by atoms with Gasteiger partial charge in [-0.05, 0) is 48.9 Å².